The molecule has 2 heterocycles. The van der Waals surface area contributed by atoms with Gasteiger partial charge in [0.05, 0.1) is 16.4 Å². The Morgan fingerprint density at radius 2 is 1.81 bits per heavy atom. The first-order valence-corrected chi connectivity index (χ1v) is 9.74. The van der Waals surface area contributed by atoms with Crippen LogP contribution in [0, 0.1) is 6.92 Å². The van der Waals surface area contributed by atoms with E-state index in [0.717, 1.165) is 0 Å². The zero-order valence-corrected chi connectivity index (χ0v) is 16.1. The van der Waals surface area contributed by atoms with E-state index in [1.54, 1.807) is 35.4 Å². The molecule has 0 unspecified atom stereocenters. The quantitative estimate of drug-likeness (QED) is 0.647. The van der Waals surface area contributed by atoms with Crippen LogP contribution in [-0.4, -0.2) is 23.9 Å². The standard InChI is InChI=1S/C19H19N3O2S2/c1-13-10-11-25-16(13)12-22(2)18(23)15-8-9-17(26-15)21-19(24)20-14-6-4-3-5-7-14/h3-11H,12H2,1-2H3,(H2,20,21,24). The van der Waals surface area contributed by atoms with Crippen LogP contribution in [0.25, 0.3) is 0 Å². The van der Waals surface area contributed by atoms with Gasteiger partial charge in [-0.3, -0.25) is 10.1 Å². The Balaban J connectivity index is 1.59. The third-order valence-corrected chi connectivity index (χ3v) is 5.78. The molecule has 0 aliphatic carbocycles. The van der Waals surface area contributed by atoms with Crippen LogP contribution in [0.2, 0.25) is 0 Å². The molecule has 0 saturated carbocycles. The Kier molecular flexibility index (Phi) is 5.70. The molecule has 0 radical (unpaired) electrons. The Morgan fingerprint density at radius 1 is 1.04 bits per heavy atom. The van der Waals surface area contributed by atoms with Crippen LogP contribution in [0.15, 0.2) is 53.9 Å². The van der Waals surface area contributed by atoms with Crippen molar-refractivity contribution in [2.75, 3.05) is 17.7 Å². The van der Waals surface area contributed by atoms with Crippen molar-refractivity contribution >= 4 is 45.3 Å². The number of nitrogens with one attached hydrogen (secondary N) is 2. The van der Waals surface area contributed by atoms with Gasteiger partial charge in [0.25, 0.3) is 5.91 Å². The molecule has 3 amide bonds. The lowest BCUT2D eigenvalue weighted by Crippen LogP contribution is -2.25. The predicted molar refractivity (Wildman–Crippen MR) is 108 cm³/mol. The number of hydrogen-bond donors (Lipinski definition) is 2. The van der Waals surface area contributed by atoms with Crippen molar-refractivity contribution in [2.24, 2.45) is 0 Å². The van der Waals surface area contributed by atoms with E-state index in [2.05, 4.69) is 16.7 Å². The van der Waals surface area contributed by atoms with Crippen LogP contribution in [0.4, 0.5) is 15.5 Å². The highest BCUT2D eigenvalue weighted by molar-refractivity contribution is 7.18. The molecule has 0 bridgehead atoms. The Morgan fingerprint density at radius 3 is 2.50 bits per heavy atom. The minimum atomic E-state index is -0.334. The molecule has 1 aromatic carbocycles. The summed E-state index contributed by atoms with van der Waals surface area (Å²) < 4.78 is 0. The highest BCUT2D eigenvalue weighted by Crippen LogP contribution is 2.25. The fraction of sp³-hybridized carbons (Fsp3) is 0.158. The van der Waals surface area contributed by atoms with E-state index in [-0.39, 0.29) is 11.9 Å². The van der Waals surface area contributed by atoms with Crippen molar-refractivity contribution < 1.29 is 9.59 Å². The number of hydrogen-bond acceptors (Lipinski definition) is 4. The second-order valence-corrected chi connectivity index (χ2v) is 7.88. The molecule has 0 saturated heterocycles. The van der Waals surface area contributed by atoms with E-state index in [0.29, 0.717) is 22.1 Å². The number of anilines is 2. The molecule has 26 heavy (non-hydrogen) atoms. The van der Waals surface area contributed by atoms with Gasteiger partial charge in [0.2, 0.25) is 0 Å². The van der Waals surface area contributed by atoms with Gasteiger partial charge in [0.15, 0.2) is 0 Å². The largest absolute Gasteiger partial charge is 0.336 e. The van der Waals surface area contributed by atoms with Gasteiger partial charge in [-0.1, -0.05) is 18.2 Å². The number of rotatable bonds is 5. The molecule has 7 heteroatoms. The van der Waals surface area contributed by atoms with Crippen LogP contribution in [0.5, 0.6) is 0 Å². The number of carbonyl (C=O) groups excluding carboxylic acids is 2. The Hall–Kier alpha value is -2.64. The number of amides is 3. The van der Waals surface area contributed by atoms with Gasteiger partial charge in [-0.15, -0.1) is 22.7 Å². The third kappa shape index (κ3) is 4.50. The Bertz CT molecular complexity index is 902. The lowest BCUT2D eigenvalue weighted by Gasteiger charge is -2.15. The lowest BCUT2D eigenvalue weighted by atomic mass is 10.3. The first-order valence-electron chi connectivity index (χ1n) is 8.04. The number of urea groups is 1. The minimum Gasteiger partial charge on any atom is -0.336 e. The van der Waals surface area contributed by atoms with Crippen molar-refractivity contribution in [3.05, 3.63) is 69.2 Å². The first-order chi connectivity index (χ1) is 12.5. The topological polar surface area (TPSA) is 61.4 Å². The van der Waals surface area contributed by atoms with Gasteiger partial charge >= 0.3 is 6.03 Å². The van der Waals surface area contributed by atoms with Crippen molar-refractivity contribution in [3.63, 3.8) is 0 Å². The first kappa shape index (κ1) is 18.2. The normalized spacial score (nSPS) is 10.4. The molecule has 5 nitrogen and oxygen atoms in total. The van der Waals surface area contributed by atoms with Gasteiger partial charge in [-0.05, 0) is 48.2 Å². The van der Waals surface area contributed by atoms with Gasteiger partial charge in [0, 0.05) is 17.6 Å². The SMILES string of the molecule is Cc1ccsc1CN(C)C(=O)c1ccc(NC(=O)Nc2ccccc2)s1. The molecule has 0 atom stereocenters. The van der Waals surface area contributed by atoms with Gasteiger partial charge in [-0.2, -0.15) is 0 Å². The lowest BCUT2D eigenvalue weighted by molar-refractivity contribution is 0.0791. The summed E-state index contributed by atoms with van der Waals surface area (Å²) in [7, 11) is 1.79. The van der Waals surface area contributed by atoms with E-state index < -0.39 is 0 Å². The summed E-state index contributed by atoms with van der Waals surface area (Å²) in [5.74, 6) is -0.0562. The molecule has 134 valence electrons. The zero-order valence-electron chi connectivity index (χ0n) is 14.5. The number of aryl methyl sites for hydroxylation is 1. The number of benzene rings is 1. The molecule has 0 aliphatic heterocycles. The fourth-order valence-corrected chi connectivity index (χ4v) is 4.21. The molecule has 0 fully saturated rings. The van der Waals surface area contributed by atoms with Crippen LogP contribution in [-0.2, 0) is 6.54 Å². The second kappa shape index (κ2) is 8.16. The van der Waals surface area contributed by atoms with Crippen molar-refractivity contribution in [1.29, 1.82) is 0 Å². The summed E-state index contributed by atoms with van der Waals surface area (Å²) in [6.07, 6.45) is 0. The van der Waals surface area contributed by atoms with E-state index in [9.17, 15) is 9.59 Å². The molecular formula is C19H19N3O2S2. The molecule has 0 spiro atoms. The molecular weight excluding hydrogens is 366 g/mol. The van der Waals surface area contributed by atoms with Gasteiger partial charge < -0.3 is 10.2 Å². The molecule has 3 rings (SSSR count). The van der Waals surface area contributed by atoms with Crippen molar-refractivity contribution in [1.82, 2.24) is 4.90 Å². The van der Waals surface area contributed by atoms with E-state index in [1.165, 1.54) is 21.8 Å². The summed E-state index contributed by atoms with van der Waals surface area (Å²) in [6, 6.07) is 14.4. The molecule has 0 aliphatic rings. The highest BCUT2D eigenvalue weighted by atomic mass is 32.1. The average molecular weight is 386 g/mol. The molecule has 3 aromatic rings. The highest BCUT2D eigenvalue weighted by Gasteiger charge is 2.16. The molecule has 2 N–H and O–H groups in total. The fourth-order valence-electron chi connectivity index (χ4n) is 2.36. The second-order valence-electron chi connectivity index (χ2n) is 5.80. The van der Waals surface area contributed by atoms with Crippen LogP contribution < -0.4 is 10.6 Å². The molecule has 2 aromatic heterocycles. The van der Waals surface area contributed by atoms with Crippen LogP contribution in [0.1, 0.15) is 20.1 Å². The zero-order chi connectivity index (χ0) is 18.5. The van der Waals surface area contributed by atoms with Gasteiger partial charge in [0.1, 0.15) is 0 Å². The maximum Gasteiger partial charge on any atom is 0.324 e. The van der Waals surface area contributed by atoms with Crippen LogP contribution in [0.3, 0.4) is 0 Å². The minimum absolute atomic E-state index is 0.0562. The van der Waals surface area contributed by atoms with Crippen molar-refractivity contribution in [3.8, 4) is 0 Å². The number of nitrogens with zero attached hydrogens (tertiary/aromatic N) is 1. The summed E-state index contributed by atoms with van der Waals surface area (Å²) >= 11 is 2.91. The number of thiophene rings is 2. The van der Waals surface area contributed by atoms with Crippen molar-refractivity contribution in [2.45, 2.75) is 13.5 Å². The number of para-hydroxylation sites is 1. The van der Waals surface area contributed by atoms with E-state index in [4.69, 9.17) is 0 Å². The predicted octanol–water partition coefficient (Wildman–Crippen LogP) is 5.03. The third-order valence-electron chi connectivity index (χ3n) is 3.78. The summed E-state index contributed by atoms with van der Waals surface area (Å²) in [5, 5.41) is 8.17. The Labute approximate surface area is 160 Å². The smallest absolute Gasteiger partial charge is 0.324 e. The summed E-state index contributed by atoms with van der Waals surface area (Å²) in [4.78, 5) is 28.1. The maximum atomic E-state index is 12.6. The maximum absolute atomic E-state index is 12.6. The van der Waals surface area contributed by atoms with Gasteiger partial charge in [-0.25, -0.2) is 4.79 Å². The monoisotopic (exact) mass is 385 g/mol. The van der Waals surface area contributed by atoms with E-state index in [1.807, 2.05) is 42.6 Å². The van der Waals surface area contributed by atoms with Crippen LogP contribution >= 0.6 is 22.7 Å². The number of carbonyl (C=O) groups is 2. The average Bonchev–Trinajstić information content (AvgIpc) is 3.24. The summed E-state index contributed by atoms with van der Waals surface area (Å²) in [6.45, 7) is 2.63. The van der Waals surface area contributed by atoms with E-state index >= 15 is 0 Å². The summed E-state index contributed by atoms with van der Waals surface area (Å²) in [5.41, 5.74) is 1.91.